The number of halogens is 1. The Morgan fingerprint density at radius 3 is 2.90 bits per heavy atom. The fourth-order valence-electron chi connectivity index (χ4n) is 1.80. The van der Waals surface area contributed by atoms with Gasteiger partial charge in [0.15, 0.2) is 0 Å². The molecule has 0 aliphatic heterocycles. The van der Waals surface area contributed by atoms with Crippen LogP contribution in [0.25, 0.3) is 0 Å². The third-order valence-electron chi connectivity index (χ3n) is 2.76. The lowest BCUT2D eigenvalue weighted by Crippen LogP contribution is -2.03. The fraction of sp³-hybridized carbons (Fsp3) is 0.0667. The summed E-state index contributed by atoms with van der Waals surface area (Å²) in [5.41, 5.74) is 0.596. The second kappa shape index (κ2) is 6.04. The number of hydrogen-bond donors (Lipinski definition) is 2. The zero-order valence-corrected chi connectivity index (χ0v) is 11.1. The van der Waals surface area contributed by atoms with Crippen molar-refractivity contribution in [1.29, 1.82) is 0 Å². The van der Waals surface area contributed by atoms with E-state index in [2.05, 4.69) is 20.6 Å². The van der Waals surface area contributed by atoms with Crippen LogP contribution in [0.15, 0.2) is 59.3 Å². The van der Waals surface area contributed by atoms with Gasteiger partial charge in [-0.15, -0.1) is 0 Å². The lowest BCUT2D eigenvalue weighted by Gasteiger charge is -2.07. The Hall–Kier alpha value is -2.89. The first-order valence-electron chi connectivity index (χ1n) is 6.41. The average Bonchev–Trinajstić information content (AvgIpc) is 2.99. The molecule has 0 bridgehead atoms. The zero-order chi connectivity index (χ0) is 14.5. The molecular formula is C15H13FN4O. The highest BCUT2D eigenvalue weighted by Gasteiger charge is 2.02. The van der Waals surface area contributed by atoms with Crippen LogP contribution in [0, 0.1) is 5.82 Å². The van der Waals surface area contributed by atoms with Crippen molar-refractivity contribution in [3.63, 3.8) is 0 Å². The standard InChI is InChI=1S/C15H13FN4O/c16-11-3-1-4-12(9-11)19-15-17-7-6-14(20-15)18-10-13-5-2-8-21-13/h1-9H,10H2,(H2,17,18,19,20). The van der Waals surface area contributed by atoms with Gasteiger partial charge >= 0.3 is 0 Å². The first kappa shape index (κ1) is 13.1. The molecule has 0 amide bonds. The van der Waals surface area contributed by atoms with Crippen LogP contribution in [0.1, 0.15) is 5.76 Å². The first-order chi connectivity index (χ1) is 10.3. The van der Waals surface area contributed by atoms with Crippen molar-refractivity contribution in [2.24, 2.45) is 0 Å². The highest BCUT2D eigenvalue weighted by molar-refractivity contribution is 5.54. The maximum absolute atomic E-state index is 13.1. The summed E-state index contributed by atoms with van der Waals surface area (Å²) in [5.74, 6) is 1.55. The lowest BCUT2D eigenvalue weighted by atomic mass is 10.3. The maximum atomic E-state index is 13.1. The second-order valence-corrected chi connectivity index (χ2v) is 4.33. The van der Waals surface area contributed by atoms with Crippen LogP contribution >= 0.6 is 0 Å². The largest absolute Gasteiger partial charge is 0.467 e. The van der Waals surface area contributed by atoms with Crippen molar-refractivity contribution >= 4 is 17.5 Å². The quantitative estimate of drug-likeness (QED) is 0.750. The predicted octanol–water partition coefficient (Wildman–Crippen LogP) is 3.56. The SMILES string of the molecule is Fc1cccc(Nc2nccc(NCc3ccco3)n2)c1. The molecule has 2 aromatic heterocycles. The molecular weight excluding hydrogens is 271 g/mol. The van der Waals surface area contributed by atoms with Gasteiger partial charge in [-0.2, -0.15) is 4.98 Å². The van der Waals surface area contributed by atoms with E-state index in [1.165, 1.54) is 12.1 Å². The van der Waals surface area contributed by atoms with Crippen LogP contribution in [0.3, 0.4) is 0 Å². The molecule has 21 heavy (non-hydrogen) atoms. The summed E-state index contributed by atoms with van der Waals surface area (Å²) in [4.78, 5) is 8.40. The maximum Gasteiger partial charge on any atom is 0.229 e. The van der Waals surface area contributed by atoms with E-state index in [0.29, 0.717) is 24.0 Å². The molecule has 0 atom stereocenters. The van der Waals surface area contributed by atoms with E-state index < -0.39 is 0 Å². The summed E-state index contributed by atoms with van der Waals surface area (Å²) in [6.07, 6.45) is 3.24. The Labute approximate surface area is 120 Å². The molecule has 6 heteroatoms. The minimum Gasteiger partial charge on any atom is -0.467 e. The smallest absolute Gasteiger partial charge is 0.229 e. The van der Waals surface area contributed by atoms with Crippen molar-refractivity contribution in [2.45, 2.75) is 6.54 Å². The topological polar surface area (TPSA) is 63.0 Å². The molecule has 3 rings (SSSR count). The zero-order valence-electron chi connectivity index (χ0n) is 11.1. The normalized spacial score (nSPS) is 10.3. The van der Waals surface area contributed by atoms with Gasteiger partial charge in [0.25, 0.3) is 0 Å². The molecule has 3 aromatic rings. The van der Waals surface area contributed by atoms with Crippen LogP contribution in [-0.2, 0) is 6.54 Å². The number of nitrogens with zero attached hydrogens (tertiary/aromatic N) is 2. The highest BCUT2D eigenvalue weighted by atomic mass is 19.1. The van der Waals surface area contributed by atoms with Gasteiger partial charge in [-0.1, -0.05) is 6.07 Å². The highest BCUT2D eigenvalue weighted by Crippen LogP contribution is 2.15. The van der Waals surface area contributed by atoms with Crippen molar-refractivity contribution in [1.82, 2.24) is 9.97 Å². The Kier molecular flexibility index (Phi) is 3.77. The Morgan fingerprint density at radius 1 is 1.14 bits per heavy atom. The molecule has 0 saturated heterocycles. The number of aromatic nitrogens is 2. The van der Waals surface area contributed by atoms with Crippen LogP contribution in [0.2, 0.25) is 0 Å². The Balaban J connectivity index is 1.68. The van der Waals surface area contributed by atoms with Crippen molar-refractivity contribution < 1.29 is 8.81 Å². The van der Waals surface area contributed by atoms with E-state index in [-0.39, 0.29) is 5.82 Å². The van der Waals surface area contributed by atoms with E-state index >= 15 is 0 Å². The molecule has 0 radical (unpaired) electrons. The number of anilines is 3. The van der Waals surface area contributed by atoms with Crippen LogP contribution in [-0.4, -0.2) is 9.97 Å². The Morgan fingerprint density at radius 2 is 2.10 bits per heavy atom. The van der Waals surface area contributed by atoms with Crippen molar-refractivity contribution in [2.75, 3.05) is 10.6 Å². The number of nitrogens with one attached hydrogen (secondary N) is 2. The molecule has 5 nitrogen and oxygen atoms in total. The minimum absolute atomic E-state index is 0.313. The molecule has 0 fully saturated rings. The minimum atomic E-state index is -0.313. The van der Waals surface area contributed by atoms with E-state index in [9.17, 15) is 4.39 Å². The van der Waals surface area contributed by atoms with Gasteiger partial charge in [-0.05, 0) is 36.4 Å². The van der Waals surface area contributed by atoms with E-state index in [0.717, 1.165) is 5.76 Å². The summed E-state index contributed by atoms with van der Waals surface area (Å²) in [6.45, 7) is 0.531. The predicted molar refractivity (Wildman–Crippen MR) is 77.7 cm³/mol. The molecule has 2 N–H and O–H groups in total. The van der Waals surface area contributed by atoms with Crippen molar-refractivity contribution in [3.8, 4) is 0 Å². The lowest BCUT2D eigenvalue weighted by molar-refractivity contribution is 0.518. The summed E-state index contributed by atoms with van der Waals surface area (Å²) >= 11 is 0. The van der Waals surface area contributed by atoms with Crippen LogP contribution in [0.5, 0.6) is 0 Å². The van der Waals surface area contributed by atoms with Gasteiger partial charge in [-0.25, -0.2) is 9.37 Å². The molecule has 0 aliphatic carbocycles. The Bertz CT molecular complexity index is 715. The summed E-state index contributed by atoms with van der Waals surface area (Å²) in [6, 6.07) is 11.6. The molecule has 1 aromatic carbocycles. The number of rotatable bonds is 5. The number of hydrogen-bond acceptors (Lipinski definition) is 5. The summed E-state index contributed by atoms with van der Waals surface area (Å²) in [7, 11) is 0. The van der Waals surface area contributed by atoms with E-state index in [1.54, 1.807) is 30.7 Å². The molecule has 2 heterocycles. The summed E-state index contributed by atoms with van der Waals surface area (Å²) in [5, 5.41) is 6.08. The average molecular weight is 284 g/mol. The molecule has 0 unspecified atom stereocenters. The van der Waals surface area contributed by atoms with Crippen LogP contribution in [0.4, 0.5) is 21.8 Å². The van der Waals surface area contributed by atoms with Gasteiger partial charge in [0.1, 0.15) is 17.4 Å². The summed E-state index contributed by atoms with van der Waals surface area (Å²) < 4.78 is 18.4. The third kappa shape index (κ3) is 3.56. The van der Waals surface area contributed by atoms with Crippen LogP contribution < -0.4 is 10.6 Å². The van der Waals surface area contributed by atoms with E-state index in [4.69, 9.17) is 4.42 Å². The monoisotopic (exact) mass is 284 g/mol. The van der Waals surface area contributed by atoms with Gasteiger partial charge < -0.3 is 15.1 Å². The third-order valence-corrected chi connectivity index (χ3v) is 2.76. The van der Waals surface area contributed by atoms with Gasteiger partial charge in [0, 0.05) is 11.9 Å². The second-order valence-electron chi connectivity index (χ2n) is 4.33. The molecule has 0 aliphatic rings. The fourth-order valence-corrected chi connectivity index (χ4v) is 1.80. The van der Waals surface area contributed by atoms with Crippen molar-refractivity contribution in [3.05, 3.63) is 66.5 Å². The molecule has 0 spiro atoms. The van der Waals surface area contributed by atoms with E-state index in [1.807, 2.05) is 12.1 Å². The number of furan rings is 1. The molecule has 0 saturated carbocycles. The molecule has 106 valence electrons. The first-order valence-corrected chi connectivity index (χ1v) is 6.41. The van der Waals surface area contributed by atoms with Gasteiger partial charge in [-0.3, -0.25) is 0 Å². The number of benzene rings is 1. The van der Waals surface area contributed by atoms with Gasteiger partial charge in [0.2, 0.25) is 5.95 Å². The van der Waals surface area contributed by atoms with Gasteiger partial charge in [0.05, 0.1) is 12.8 Å².